The maximum Gasteiger partial charge on any atom is 0.352 e. The molecule has 0 unspecified atom stereocenters. The van der Waals surface area contributed by atoms with Crippen LogP contribution in [0.2, 0.25) is 0 Å². The molecule has 0 aliphatic rings. The van der Waals surface area contributed by atoms with Gasteiger partial charge in [0, 0.05) is 18.3 Å². The number of aromatic nitrogens is 5. The number of nitrogens with two attached hydrogens (primary N) is 1. The highest BCUT2D eigenvalue weighted by Crippen LogP contribution is 2.19. The minimum atomic E-state index is -0.892. The van der Waals surface area contributed by atoms with Gasteiger partial charge < -0.3 is 16.3 Å². The number of hydrogen-bond donors (Lipinski definition) is 5. The Morgan fingerprint density at radius 1 is 1.32 bits per heavy atom. The average Bonchev–Trinajstić information content (AvgIpc) is 3.14. The molecule has 0 saturated carbocycles. The van der Waals surface area contributed by atoms with Gasteiger partial charge >= 0.3 is 5.69 Å². The lowest BCUT2D eigenvalue weighted by atomic mass is 10.1. The molecule has 2 aromatic heterocycles. The van der Waals surface area contributed by atoms with Crippen molar-refractivity contribution in [3.05, 3.63) is 56.9 Å². The summed E-state index contributed by atoms with van der Waals surface area (Å²) in [5.74, 6) is 4.23. The zero-order chi connectivity index (χ0) is 18.1. The largest absolute Gasteiger partial charge is 0.493 e. The summed E-state index contributed by atoms with van der Waals surface area (Å²) in [5, 5.41) is 30.7. The predicted molar refractivity (Wildman–Crippen MR) is 90.0 cm³/mol. The molecule has 0 amide bonds. The number of aromatic amines is 1. The molecule has 0 radical (unpaired) electrons. The van der Waals surface area contributed by atoms with Gasteiger partial charge in [-0.15, -0.1) is 5.10 Å². The van der Waals surface area contributed by atoms with E-state index in [1.807, 2.05) is 0 Å². The van der Waals surface area contributed by atoms with Crippen molar-refractivity contribution >= 4 is 11.5 Å². The van der Waals surface area contributed by atoms with Gasteiger partial charge in [0.25, 0.3) is 5.56 Å². The van der Waals surface area contributed by atoms with E-state index >= 15 is 0 Å². The molecule has 3 rings (SSSR count). The molecule has 1 aromatic carbocycles. The second kappa shape index (κ2) is 5.96. The second-order valence-corrected chi connectivity index (χ2v) is 5.16. The number of nitrogens with one attached hydrogen (secondary N) is 3. The first-order valence-electron chi connectivity index (χ1n) is 7.02. The number of rotatable bonds is 3. The van der Waals surface area contributed by atoms with Gasteiger partial charge in [-0.2, -0.15) is 4.68 Å². The molecule has 128 valence electrons. The van der Waals surface area contributed by atoms with Gasteiger partial charge in [-0.25, -0.2) is 4.79 Å². The molecule has 0 atom stereocenters. The van der Waals surface area contributed by atoms with Crippen LogP contribution < -0.4 is 22.4 Å². The number of nitrogens with zero attached hydrogens (tertiary/aromatic N) is 4. The molecule has 0 aliphatic carbocycles. The molecule has 6 N–H and O–H groups in total. The van der Waals surface area contributed by atoms with E-state index in [0.717, 1.165) is 11.3 Å². The van der Waals surface area contributed by atoms with Crippen molar-refractivity contribution in [3.63, 3.8) is 0 Å². The van der Waals surface area contributed by atoms with Gasteiger partial charge in [-0.3, -0.25) is 19.9 Å². The van der Waals surface area contributed by atoms with Crippen LogP contribution in [0.4, 0.5) is 5.69 Å². The van der Waals surface area contributed by atoms with Crippen LogP contribution in [0.15, 0.2) is 40.1 Å². The Labute approximate surface area is 139 Å². The van der Waals surface area contributed by atoms with Crippen molar-refractivity contribution in [1.82, 2.24) is 24.7 Å². The first-order chi connectivity index (χ1) is 11.9. The van der Waals surface area contributed by atoms with E-state index < -0.39 is 28.5 Å². The lowest BCUT2D eigenvalue weighted by Gasteiger charge is -2.12. The maximum atomic E-state index is 12.1. The number of nitrogen functional groups attached to an aromatic ring is 1. The van der Waals surface area contributed by atoms with Crippen LogP contribution in [0.1, 0.15) is 5.56 Å². The SMILES string of the molecule is Cn1c(=O)c(C(=N)Nc2ccc(-c3cnn[nH]3)cc2)c(O)n(N)c1=O. The Morgan fingerprint density at radius 3 is 2.60 bits per heavy atom. The van der Waals surface area contributed by atoms with Gasteiger partial charge in [-0.1, -0.05) is 17.3 Å². The van der Waals surface area contributed by atoms with Gasteiger partial charge in [0.2, 0.25) is 5.88 Å². The molecule has 0 fully saturated rings. The summed E-state index contributed by atoms with van der Waals surface area (Å²) in [6.07, 6.45) is 1.57. The van der Waals surface area contributed by atoms with E-state index in [1.54, 1.807) is 30.5 Å². The zero-order valence-corrected chi connectivity index (χ0v) is 13.0. The third-order valence-electron chi connectivity index (χ3n) is 3.59. The van der Waals surface area contributed by atoms with Gasteiger partial charge in [0.05, 0.1) is 11.9 Å². The minimum absolute atomic E-state index is 0.395. The van der Waals surface area contributed by atoms with E-state index in [2.05, 4.69) is 20.7 Å². The summed E-state index contributed by atoms with van der Waals surface area (Å²) in [4.78, 5) is 23.8. The molecule has 11 nitrogen and oxygen atoms in total. The molecule has 3 aromatic rings. The lowest BCUT2D eigenvalue weighted by molar-refractivity contribution is 0.418. The Hall–Kier alpha value is -3.89. The summed E-state index contributed by atoms with van der Waals surface area (Å²) >= 11 is 0. The topological polar surface area (TPSA) is 168 Å². The second-order valence-electron chi connectivity index (χ2n) is 5.16. The van der Waals surface area contributed by atoms with Crippen molar-refractivity contribution in [2.24, 2.45) is 7.05 Å². The standard InChI is InChI=1S/C14H14N8O3/c1-21-12(23)10(13(24)22(16)14(21)25)11(15)18-8-4-2-7(3-5-8)9-6-17-20-19-9/h2-6,24H,16H2,1H3,(H2,15,18)(H,17,19,20). The van der Waals surface area contributed by atoms with Crippen molar-refractivity contribution in [2.75, 3.05) is 11.2 Å². The first kappa shape index (κ1) is 16.0. The molecule has 0 saturated heterocycles. The summed E-state index contributed by atoms with van der Waals surface area (Å²) < 4.78 is 1.11. The summed E-state index contributed by atoms with van der Waals surface area (Å²) in [5.41, 5.74) is -0.0815. The van der Waals surface area contributed by atoms with Crippen LogP contribution in [-0.2, 0) is 7.05 Å². The first-order valence-corrected chi connectivity index (χ1v) is 7.02. The van der Waals surface area contributed by atoms with Crippen molar-refractivity contribution < 1.29 is 5.11 Å². The van der Waals surface area contributed by atoms with Crippen LogP contribution in [-0.4, -0.2) is 35.6 Å². The lowest BCUT2D eigenvalue weighted by Crippen LogP contribution is -2.44. The van der Waals surface area contributed by atoms with Crippen molar-refractivity contribution in [1.29, 1.82) is 5.41 Å². The number of benzene rings is 1. The van der Waals surface area contributed by atoms with Crippen LogP contribution >= 0.6 is 0 Å². The molecule has 25 heavy (non-hydrogen) atoms. The fourth-order valence-electron chi connectivity index (χ4n) is 2.22. The van der Waals surface area contributed by atoms with Gasteiger partial charge in [0.1, 0.15) is 11.4 Å². The minimum Gasteiger partial charge on any atom is -0.493 e. The average molecular weight is 342 g/mol. The van der Waals surface area contributed by atoms with Crippen molar-refractivity contribution in [3.8, 4) is 17.1 Å². The zero-order valence-electron chi connectivity index (χ0n) is 13.0. The smallest absolute Gasteiger partial charge is 0.352 e. The molecule has 11 heteroatoms. The third kappa shape index (κ3) is 2.73. The number of amidine groups is 1. The third-order valence-corrected chi connectivity index (χ3v) is 3.59. The van der Waals surface area contributed by atoms with E-state index in [1.165, 1.54) is 7.05 Å². The van der Waals surface area contributed by atoms with Gasteiger partial charge in [-0.05, 0) is 12.1 Å². The molecule has 0 spiro atoms. The molecular weight excluding hydrogens is 328 g/mol. The van der Waals surface area contributed by atoms with Crippen LogP contribution in [0, 0.1) is 5.41 Å². The van der Waals surface area contributed by atoms with Crippen LogP contribution in [0.3, 0.4) is 0 Å². The Morgan fingerprint density at radius 2 is 2.00 bits per heavy atom. The maximum absolute atomic E-state index is 12.1. The van der Waals surface area contributed by atoms with E-state index in [-0.39, 0.29) is 0 Å². The van der Waals surface area contributed by atoms with E-state index in [4.69, 9.17) is 11.3 Å². The Bertz CT molecular complexity index is 1050. The van der Waals surface area contributed by atoms with Crippen LogP contribution in [0.25, 0.3) is 11.3 Å². The number of anilines is 1. The monoisotopic (exact) mass is 342 g/mol. The number of hydrogen-bond acceptors (Lipinski definition) is 7. The van der Waals surface area contributed by atoms with Crippen molar-refractivity contribution in [2.45, 2.75) is 0 Å². The fourth-order valence-corrected chi connectivity index (χ4v) is 2.22. The number of H-pyrrole nitrogens is 1. The molecule has 2 heterocycles. The highest BCUT2D eigenvalue weighted by atomic mass is 16.3. The van der Waals surface area contributed by atoms with Crippen LogP contribution in [0.5, 0.6) is 5.88 Å². The fraction of sp³-hybridized carbons (Fsp3) is 0.0714. The molecular formula is C14H14N8O3. The highest BCUT2D eigenvalue weighted by Gasteiger charge is 2.19. The van der Waals surface area contributed by atoms with E-state index in [9.17, 15) is 14.7 Å². The summed E-state index contributed by atoms with van der Waals surface area (Å²) in [6.45, 7) is 0. The van der Waals surface area contributed by atoms with E-state index in [0.29, 0.717) is 14.9 Å². The molecule has 0 bridgehead atoms. The van der Waals surface area contributed by atoms with Gasteiger partial charge in [0.15, 0.2) is 0 Å². The summed E-state index contributed by atoms with van der Waals surface area (Å²) in [6, 6.07) is 6.86. The number of aromatic hydroxyl groups is 1. The quantitative estimate of drug-likeness (QED) is 0.235. The summed E-state index contributed by atoms with van der Waals surface area (Å²) in [7, 11) is 1.21. The predicted octanol–water partition coefficient (Wildman–Crippen LogP) is -0.811. The Balaban J connectivity index is 1.91. The molecule has 0 aliphatic heterocycles. The Kier molecular flexibility index (Phi) is 3.81. The normalized spacial score (nSPS) is 10.6. The highest BCUT2D eigenvalue weighted by molar-refractivity contribution is 6.07.